The minimum absolute atomic E-state index is 0.141. The number of hydrogen-bond acceptors (Lipinski definition) is 7. The van der Waals surface area contributed by atoms with Crippen LogP contribution in [0.25, 0.3) is 27.6 Å². The first-order valence-corrected chi connectivity index (χ1v) is 11.3. The molecule has 6 rings (SSSR count). The van der Waals surface area contributed by atoms with E-state index in [0.29, 0.717) is 28.8 Å². The summed E-state index contributed by atoms with van der Waals surface area (Å²) < 4.78 is 22.5. The van der Waals surface area contributed by atoms with Crippen molar-refractivity contribution in [1.29, 1.82) is 0 Å². The van der Waals surface area contributed by atoms with Gasteiger partial charge in [0.2, 0.25) is 0 Å². The van der Waals surface area contributed by atoms with Gasteiger partial charge in [-0.05, 0) is 30.5 Å². The summed E-state index contributed by atoms with van der Waals surface area (Å²) in [4.78, 5) is 19.3. The fourth-order valence-electron chi connectivity index (χ4n) is 4.71. The number of halogens is 1. The number of piperidine rings is 1. The van der Waals surface area contributed by atoms with E-state index in [1.54, 1.807) is 13.2 Å². The molecule has 9 nitrogen and oxygen atoms in total. The van der Waals surface area contributed by atoms with E-state index in [2.05, 4.69) is 32.1 Å². The Labute approximate surface area is 194 Å². The molecule has 4 aromatic heterocycles. The fourth-order valence-corrected chi connectivity index (χ4v) is 4.71. The third kappa shape index (κ3) is 3.38. The number of rotatable bonds is 4. The van der Waals surface area contributed by atoms with Crippen molar-refractivity contribution < 1.29 is 9.13 Å². The number of fused-ring (bicyclic) bond motifs is 4. The van der Waals surface area contributed by atoms with Crippen LogP contribution in [0.4, 0.5) is 15.9 Å². The number of anilines is 2. The summed E-state index contributed by atoms with van der Waals surface area (Å²) in [5, 5.41) is 4.56. The van der Waals surface area contributed by atoms with Crippen molar-refractivity contribution in [3.05, 3.63) is 48.7 Å². The Balaban J connectivity index is 1.53. The molecule has 1 fully saturated rings. The van der Waals surface area contributed by atoms with Crippen LogP contribution >= 0.6 is 0 Å². The summed E-state index contributed by atoms with van der Waals surface area (Å²) >= 11 is 0. The Hall–Kier alpha value is -3.92. The molecule has 1 aliphatic heterocycles. The molecule has 0 aliphatic carbocycles. The number of aromatic nitrogens is 5. The lowest BCUT2D eigenvalue weighted by molar-refractivity contribution is 0.380. The van der Waals surface area contributed by atoms with Gasteiger partial charge < -0.3 is 30.1 Å². The number of pyridine rings is 1. The first-order chi connectivity index (χ1) is 16.5. The lowest BCUT2D eigenvalue weighted by Crippen LogP contribution is -2.46. The lowest BCUT2D eigenvalue weighted by atomic mass is 9.94. The molecule has 174 valence electrons. The normalized spacial score (nSPS) is 18.8. The third-order valence-electron chi connectivity index (χ3n) is 6.60. The van der Waals surface area contributed by atoms with Crippen LogP contribution in [0.1, 0.15) is 13.3 Å². The SMILES string of the molecule is CNc1cc(F)cc2c1[nH]c1nc(Oc3ccn4ccnc4c3)nc(N3CCC(N)[C@H](C)C3)c12. The maximum Gasteiger partial charge on any atom is 0.325 e. The number of ether oxygens (including phenoxy) is 1. The molecule has 5 heterocycles. The average molecular weight is 461 g/mol. The molecule has 0 bridgehead atoms. The Kier molecular flexibility index (Phi) is 4.77. The van der Waals surface area contributed by atoms with Crippen molar-refractivity contribution in [2.24, 2.45) is 11.7 Å². The van der Waals surface area contributed by atoms with Crippen LogP contribution < -0.4 is 20.7 Å². The van der Waals surface area contributed by atoms with Gasteiger partial charge in [-0.15, -0.1) is 0 Å². The first kappa shape index (κ1) is 20.7. The second-order valence-electron chi connectivity index (χ2n) is 8.84. The van der Waals surface area contributed by atoms with Gasteiger partial charge in [-0.25, -0.2) is 9.37 Å². The van der Waals surface area contributed by atoms with Crippen LogP contribution in [0.3, 0.4) is 0 Å². The molecule has 5 aromatic rings. The molecule has 0 amide bonds. The smallest absolute Gasteiger partial charge is 0.325 e. The molecule has 10 heteroatoms. The number of nitrogens with two attached hydrogens (primary N) is 1. The summed E-state index contributed by atoms with van der Waals surface area (Å²) in [5.74, 6) is 1.25. The monoisotopic (exact) mass is 460 g/mol. The number of aromatic amines is 1. The number of benzene rings is 1. The molecule has 0 radical (unpaired) electrons. The van der Waals surface area contributed by atoms with Crippen LogP contribution in [-0.2, 0) is 0 Å². The maximum absolute atomic E-state index is 14.5. The van der Waals surface area contributed by atoms with Gasteiger partial charge in [0.05, 0.1) is 16.6 Å². The van der Waals surface area contributed by atoms with Gasteiger partial charge in [-0.3, -0.25) is 0 Å². The number of imidazole rings is 1. The predicted molar refractivity (Wildman–Crippen MR) is 130 cm³/mol. The molecular formula is C24H25FN8O. The van der Waals surface area contributed by atoms with Gasteiger partial charge in [0, 0.05) is 56.2 Å². The van der Waals surface area contributed by atoms with E-state index >= 15 is 0 Å². The minimum atomic E-state index is -0.328. The quantitative estimate of drug-likeness (QED) is 0.373. The maximum atomic E-state index is 14.5. The number of hydrogen-bond donors (Lipinski definition) is 3. The highest BCUT2D eigenvalue weighted by molar-refractivity contribution is 6.14. The minimum Gasteiger partial charge on any atom is -0.424 e. The molecule has 4 N–H and O–H groups in total. The molecule has 0 spiro atoms. The topological polar surface area (TPSA) is 109 Å². The van der Waals surface area contributed by atoms with Gasteiger partial charge >= 0.3 is 6.01 Å². The fraction of sp³-hybridized carbons (Fsp3) is 0.292. The van der Waals surface area contributed by atoms with Gasteiger partial charge in [0.15, 0.2) is 0 Å². The van der Waals surface area contributed by atoms with Crippen molar-refractivity contribution >= 4 is 39.1 Å². The Bertz CT molecular complexity index is 1530. The number of nitrogens with one attached hydrogen (secondary N) is 2. The Morgan fingerprint density at radius 1 is 1.24 bits per heavy atom. The highest BCUT2D eigenvalue weighted by Gasteiger charge is 2.28. The summed E-state index contributed by atoms with van der Waals surface area (Å²) in [5.41, 5.74) is 9.04. The van der Waals surface area contributed by atoms with Crippen molar-refractivity contribution in [2.45, 2.75) is 19.4 Å². The van der Waals surface area contributed by atoms with E-state index in [0.717, 1.165) is 41.4 Å². The van der Waals surface area contributed by atoms with E-state index in [1.165, 1.54) is 12.1 Å². The van der Waals surface area contributed by atoms with Gasteiger partial charge in [0.1, 0.15) is 28.7 Å². The van der Waals surface area contributed by atoms with E-state index < -0.39 is 0 Å². The third-order valence-corrected chi connectivity index (χ3v) is 6.60. The van der Waals surface area contributed by atoms with E-state index in [9.17, 15) is 4.39 Å². The van der Waals surface area contributed by atoms with Crippen LogP contribution in [-0.4, -0.2) is 50.5 Å². The summed E-state index contributed by atoms with van der Waals surface area (Å²) in [6.07, 6.45) is 6.31. The van der Waals surface area contributed by atoms with Crippen LogP contribution in [0.2, 0.25) is 0 Å². The average Bonchev–Trinajstić information content (AvgIpc) is 3.44. The van der Waals surface area contributed by atoms with Crippen molar-refractivity contribution in [3.8, 4) is 11.8 Å². The second-order valence-corrected chi connectivity index (χ2v) is 8.84. The van der Waals surface area contributed by atoms with E-state index in [1.807, 2.05) is 28.9 Å². The van der Waals surface area contributed by atoms with Crippen molar-refractivity contribution in [1.82, 2.24) is 24.3 Å². The molecule has 0 saturated carbocycles. The first-order valence-electron chi connectivity index (χ1n) is 11.3. The molecule has 1 unspecified atom stereocenters. The van der Waals surface area contributed by atoms with Crippen LogP contribution in [0.15, 0.2) is 42.9 Å². The highest BCUT2D eigenvalue weighted by atomic mass is 19.1. The summed E-state index contributed by atoms with van der Waals surface area (Å²) in [6, 6.07) is 7.00. The van der Waals surface area contributed by atoms with E-state index in [-0.39, 0.29) is 17.9 Å². The van der Waals surface area contributed by atoms with Crippen LogP contribution in [0, 0.1) is 11.7 Å². The summed E-state index contributed by atoms with van der Waals surface area (Å²) in [7, 11) is 1.76. The van der Waals surface area contributed by atoms with Crippen LogP contribution in [0.5, 0.6) is 11.8 Å². The highest BCUT2D eigenvalue weighted by Crippen LogP contribution is 2.38. The zero-order valence-corrected chi connectivity index (χ0v) is 18.9. The molecule has 2 atom stereocenters. The second kappa shape index (κ2) is 7.84. The van der Waals surface area contributed by atoms with Crippen molar-refractivity contribution in [2.75, 3.05) is 30.4 Å². The molecular weight excluding hydrogens is 435 g/mol. The summed E-state index contributed by atoms with van der Waals surface area (Å²) in [6.45, 7) is 3.63. The standard InChI is InChI=1S/C24H25FN8O/c1-13-12-33(7-4-17(13)26)23-20-16-9-14(25)10-18(27-2)21(16)29-22(20)30-24(31-23)34-15-3-6-32-8-5-28-19(32)11-15/h3,5-6,8-11,13,17,27H,4,7,12,26H2,1-2H3,(H,29,30,31)/t13-,17?/m1/s1. The van der Waals surface area contributed by atoms with Crippen molar-refractivity contribution in [3.63, 3.8) is 0 Å². The zero-order valence-electron chi connectivity index (χ0n) is 18.9. The van der Waals surface area contributed by atoms with Gasteiger partial charge in [0.25, 0.3) is 0 Å². The molecule has 1 aliphatic rings. The molecule has 34 heavy (non-hydrogen) atoms. The van der Waals surface area contributed by atoms with Gasteiger partial charge in [-0.2, -0.15) is 9.97 Å². The number of nitrogens with zero attached hydrogens (tertiary/aromatic N) is 5. The van der Waals surface area contributed by atoms with E-state index in [4.69, 9.17) is 15.5 Å². The molecule has 1 aromatic carbocycles. The number of H-pyrrole nitrogens is 1. The Morgan fingerprint density at radius 2 is 2.12 bits per heavy atom. The largest absolute Gasteiger partial charge is 0.424 e. The predicted octanol–water partition coefficient (Wildman–Crippen LogP) is 3.91. The molecule has 1 saturated heterocycles. The van der Waals surface area contributed by atoms with Gasteiger partial charge in [-0.1, -0.05) is 6.92 Å². The Morgan fingerprint density at radius 3 is 2.94 bits per heavy atom. The zero-order chi connectivity index (χ0) is 23.4. The lowest BCUT2D eigenvalue weighted by Gasteiger charge is -2.36.